The first-order valence-electron chi connectivity index (χ1n) is 10.5. The van der Waals surface area contributed by atoms with E-state index in [-0.39, 0.29) is 5.78 Å². The monoisotopic (exact) mass is 383 g/mol. The summed E-state index contributed by atoms with van der Waals surface area (Å²) in [5.41, 5.74) is 2.02. The molecular weight excluding hydrogens is 350 g/mol. The maximum atomic E-state index is 12.4. The Kier molecular flexibility index (Phi) is 8.06. The van der Waals surface area contributed by atoms with Crippen molar-refractivity contribution in [2.24, 2.45) is 0 Å². The van der Waals surface area contributed by atoms with Crippen molar-refractivity contribution in [1.29, 1.82) is 0 Å². The number of hydrogen-bond donors (Lipinski definition) is 2. The van der Waals surface area contributed by atoms with E-state index in [9.17, 15) is 4.79 Å². The molecule has 0 unspecified atom stereocenters. The topological polar surface area (TPSA) is 64.3 Å². The lowest BCUT2D eigenvalue weighted by molar-refractivity contribution is 0.0872. The number of carbonyl (C=O) groups excluding carboxylic acids is 1. The van der Waals surface area contributed by atoms with Gasteiger partial charge in [0.05, 0.1) is 12.7 Å². The number of Topliss-reactive ketones (excluding diaryl/α,β-unsaturated/α-hetero) is 1. The van der Waals surface area contributed by atoms with Crippen molar-refractivity contribution in [2.45, 2.75) is 32.1 Å². The number of benzene rings is 1. The van der Waals surface area contributed by atoms with Crippen LogP contribution in [-0.2, 0) is 6.42 Å². The van der Waals surface area contributed by atoms with Crippen LogP contribution in [0, 0.1) is 0 Å². The molecule has 1 saturated heterocycles. The number of carbonyl (C=O) groups is 1. The van der Waals surface area contributed by atoms with Crippen molar-refractivity contribution in [2.75, 3.05) is 51.6 Å². The molecular formula is C22H33N5O. The highest BCUT2D eigenvalue weighted by atomic mass is 16.1. The molecule has 3 rings (SSSR count). The maximum Gasteiger partial charge on any atom is 0.200 e. The minimum Gasteiger partial charge on any atom is -0.356 e. The summed E-state index contributed by atoms with van der Waals surface area (Å²) < 4.78 is 0. The Morgan fingerprint density at radius 2 is 1.82 bits per heavy atom. The third-order valence-electron chi connectivity index (χ3n) is 5.37. The summed E-state index contributed by atoms with van der Waals surface area (Å²) in [5.74, 6) is 0.817. The quantitative estimate of drug-likeness (QED) is 0.461. The Hall–Kier alpha value is -2.18. The van der Waals surface area contributed by atoms with Gasteiger partial charge < -0.3 is 15.2 Å². The molecule has 28 heavy (non-hydrogen) atoms. The molecule has 6 nitrogen and oxygen atoms in total. The fraction of sp³-hybridized carbons (Fsp3) is 0.545. The maximum absolute atomic E-state index is 12.4. The molecule has 0 atom stereocenters. The van der Waals surface area contributed by atoms with Crippen LogP contribution in [0.15, 0.2) is 36.5 Å². The third kappa shape index (κ3) is 6.77. The predicted octanol–water partition coefficient (Wildman–Crippen LogP) is 3.05. The van der Waals surface area contributed by atoms with Crippen molar-refractivity contribution in [3.8, 4) is 0 Å². The van der Waals surface area contributed by atoms with E-state index < -0.39 is 0 Å². The van der Waals surface area contributed by atoms with E-state index in [0.29, 0.717) is 18.2 Å². The zero-order valence-electron chi connectivity index (χ0n) is 17.0. The van der Waals surface area contributed by atoms with Gasteiger partial charge >= 0.3 is 0 Å². The second-order valence-corrected chi connectivity index (χ2v) is 7.72. The summed E-state index contributed by atoms with van der Waals surface area (Å²) in [6.45, 7) is 5.29. The van der Waals surface area contributed by atoms with Gasteiger partial charge in [-0.2, -0.15) is 0 Å². The number of aryl methyl sites for hydroxylation is 1. The van der Waals surface area contributed by atoms with Crippen LogP contribution in [0.3, 0.4) is 0 Å². The van der Waals surface area contributed by atoms with Crippen molar-refractivity contribution in [3.63, 3.8) is 0 Å². The standard InChI is InChI=1S/C22H33N5O/c1-26-13-15-27(16-14-26)18-21(28)20-17-24-22(25-20)23-12-8-3-2-5-9-19-10-6-4-7-11-19/h4,6-7,10-11,17H,2-3,5,8-9,12-16,18H2,1H3,(H2,23,24,25). The summed E-state index contributed by atoms with van der Waals surface area (Å²) in [6.07, 6.45) is 7.60. The van der Waals surface area contributed by atoms with Crippen LogP contribution >= 0.6 is 0 Å². The van der Waals surface area contributed by atoms with Crippen LogP contribution in [0.2, 0.25) is 0 Å². The number of H-pyrrole nitrogens is 1. The Morgan fingerprint density at radius 3 is 2.61 bits per heavy atom. The van der Waals surface area contributed by atoms with Crippen LogP contribution in [0.5, 0.6) is 0 Å². The largest absolute Gasteiger partial charge is 0.356 e. The number of aromatic amines is 1. The molecule has 2 heterocycles. The van der Waals surface area contributed by atoms with E-state index in [2.05, 4.69) is 62.5 Å². The normalized spacial score (nSPS) is 15.6. The first kappa shape index (κ1) is 20.6. The molecule has 1 aliphatic heterocycles. The van der Waals surface area contributed by atoms with Crippen LogP contribution in [0.4, 0.5) is 5.95 Å². The predicted molar refractivity (Wildman–Crippen MR) is 114 cm³/mol. The van der Waals surface area contributed by atoms with E-state index in [1.807, 2.05) is 0 Å². The lowest BCUT2D eigenvalue weighted by Gasteiger charge is -2.31. The highest BCUT2D eigenvalue weighted by molar-refractivity contribution is 5.96. The fourth-order valence-corrected chi connectivity index (χ4v) is 3.51. The van der Waals surface area contributed by atoms with Crippen molar-refractivity contribution in [1.82, 2.24) is 19.8 Å². The van der Waals surface area contributed by atoms with Gasteiger partial charge in [-0.05, 0) is 31.9 Å². The molecule has 0 aliphatic carbocycles. The SMILES string of the molecule is CN1CCN(CC(=O)c2cnc(NCCCCCCc3ccccc3)[nH]2)CC1. The lowest BCUT2D eigenvalue weighted by atomic mass is 10.1. The van der Waals surface area contributed by atoms with Gasteiger partial charge in [-0.3, -0.25) is 9.69 Å². The Bertz CT molecular complexity index is 707. The molecule has 152 valence electrons. The summed E-state index contributed by atoms with van der Waals surface area (Å²) in [5, 5.41) is 3.30. The minimum atomic E-state index is 0.117. The zero-order valence-corrected chi connectivity index (χ0v) is 17.0. The van der Waals surface area contributed by atoms with Crippen molar-refractivity contribution >= 4 is 11.7 Å². The van der Waals surface area contributed by atoms with Gasteiger partial charge in [0.25, 0.3) is 0 Å². The van der Waals surface area contributed by atoms with Gasteiger partial charge in [0.1, 0.15) is 5.69 Å². The van der Waals surface area contributed by atoms with Crippen molar-refractivity contribution in [3.05, 3.63) is 47.8 Å². The summed E-state index contributed by atoms with van der Waals surface area (Å²) >= 11 is 0. The molecule has 6 heteroatoms. The highest BCUT2D eigenvalue weighted by Crippen LogP contribution is 2.09. The van der Waals surface area contributed by atoms with E-state index in [1.54, 1.807) is 6.20 Å². The zero-order chi connectivity index (χ0) is 19.6. The van der Waals surface area contributed by atoms with Crippen LogP contribution < -0.4 is 5.32 Å². The molecule has 1 aliphatic rings. The Balaban J connectivity index is 1.27. The molecule has 0 saturated carbocycles. The summed E-state index contributed by atoms with van der Waals surface area (Å²) in [4.78, 5) is 24.4. The molecule has 0 radical (unpaired) electrons. The number of imidazole rings is 1. The molecule has 0 bridgehead atoms. The van der Waals surface area contributed by atoms with Gasteiger partial charge in [0.2, 0.25) is 5.95 Å². The van der Waals surface area contributed by atoms with Gasteiger partial charge in [-0.1, -0.05) is 43.2 Å². The van der Waals surface area contributed by atoms with Gasteiger partial charge in [-0.25, -0.2) is 4.98 Å². The van der Waals surface area contributed by atoms with Crippen LogP contribution in [0.25, 0.3) is 0 Å². The summed E-state index contributed by atoms with van der Waals surface area (Å²) in [6, 6.07) is 10.7. The molecule has 0 spiro atoms. The number of nitrogens with one attached hydrogen (secondary N) is 2. The molecule has 2 aromatic rings. The number of anilines is 1. The Labute approximate surface area is 168 Å². The second kappa shape index (κ2) is 11.0. The van der Waals surface area contributed by atoms with E-state index >= 15 is 0 Å². The second-order valence-electron chi connectivity index (χ2n) is 7.72. The van der Waals surface area contributed by atoms with Gasteiger partial charge in [0.15, 0.2) is 5.78 Å². The number of rotatable bonds is 11. The average Bonchev–Trinajstić information content (AvgIpc) is 3.19. The number of nitrogens with zero attached hydrogens (tertiary/aromatic N) is 3. The number of ketones is 1. The molecule has 1 fully saturated rings. The van der Waals surface area contributed by atoms with E-state index in [0.717, 1.165) is 45.6 Å². The smallest absolute Gasteiger partial charge is 0.200 e. The van der Waals surface area contributed by atoms with Gasteiger partial charge in [0, 0.05) is 32.7 Å². The van der Waals surface area contributed by atoms with Crippen LogP contribution in [-0.4, -0.2) is 71.9 Å². The molecule has 0 amide bonds. The average molecular weight is 384 g/mol. The highest BCUT2D eigenvalue weighted by Gasteiger charge is 2.18. The fourth-order valence-electron chi connectivity index (χ4n) is 3.51. The number of unbranched alkanes of at least 4 members (excludes halogenated alkanes) is 3. The number of likely N-dealkylation sites (N-methyl/N-ethyl adjacent to an activating group) is 1. The van der Waals surface area contributed by atoms with Gasteiger partial charge in [-0.15, -0.1) is 0 Å². The van der Waals surface area contributed by atoms with E-state index in [1.165, 1.54) is 24.8 Å². The third-order valence-corrected chi connectivity index (χ3v) is 5.37. The molecule has 1 aromatic heterocycles. The molecule has 1 aromatic carbocycles. The minimum absolute atomic E-state index is 0.117. The van der Waals surface area contributed by atoms with E-state index in [4.69, 9.17) is 0 Å². The van der Waals surface area contributed by atoms with Crippen molar-refractivity contribution < 1.29 is 4.79 Å². The lowest BCUT2D eigenvalue weighted by Crippen LogP contribution is -2.46. The van der Waals surface area contributed by atoms with Crippen LogP contribution in [0.1, 0.15) is 41.7 Å². The first-order chi connectivity index (χ1) is 13.7. The number of piperazine rings is 1. The first-order valence-corrected chi connectivity index (χ1v) is 10.5. The number of hydrogen-bond acceptors (Lipinski definition) is 5. The Morgan fingerprint density at radius 1 is 1.07 bits per heavy atom. The molecule has 2 N–H and O–H groups in total. The number of aromatic nitrogens is 2. The summed E-state index contributed by atoms with van der Waals surface area (Å²) in [7, 11) is 2.12.